The minimum Gasteiger partial charge on any atom is -0.497 e. The second kappa shape index (κ2) is 7.31. The standard InChI is InChI=1S/C20H21N3O3/c1-14-13-22(18-11-10-17(25-3)12-19(18)26-4)20(24)23(21-15(14)2)16-8-6-5-7-9-16/h5-13H,1-4H3. The molecule has 26 heavy (non-hydrogen) atoms. The van der Waals surface area contributed by atoms with Gasteiger partial charge in [0.15, 0.2) is 0 Å². The van der Waals surface area contributed by atoms with Gasteiger partial charge in [-0.2, -0.15) is 10.1 Å². The number of hydrogen-bond donors (Lipinski definition) is 0. The number of ether oxygens (including phenoxy) is 2. The highest BCUT2D eigenvalue weighted by Crippen LogP contribution is 2.35. The molecule has 0 saturated heterocycles. The molecule has 2 aromatic rings. The van der Waals surface area contributed by atoms with Crippen LogP contribution >= 0.6 is 0 Å². The third kappa shape index (κ3) is 3.26. The second-order valence-electron chi connectivity index (χ2n) is 5.84. The summed E-state index contributed by atoms with van der Waals surface area (Å²) in [6, 6.07) is 14.4. The average molecular weight is 351 g/mol. The number of allylic oxidation sites excluding steroid dienone is 1. The normalized spacial score (nSPS) is 14.5. The van der Waals surface area contributed by atoms with Crippen molar-refractivity contribution in [3.05, 3.63) is 60.3 Å². The van der Waals surface area contributed by atoms with Crippen LogP contribution in [0.15, 0.2) is 65.4 Å². The zero-order chi connectivity index (χ0) is 18.7. The van der Waals surface area contributed by atoms with E-state index in [2.05, 4.69) is 5.10 Å². The van der Waals surface area contributed by atoms with E-state index >= 15 is 0 Å². The fraction of sp³-hybridized carbons (Fsp3) is 0.200. The second-order valence-corrected chi connectivity index (χ2v) is 5.84. The highest BCUT2D eigenvalue weighted by Gasteiger charge is 2.28. The number of nitrogens with zero attached hydrogens (tertiary/aromatic N) is 3. The van der Waals surface area contributed by atoms with Crippen LogP contribution in [0.2, 0.25) is 0 Å². The summed E-state index contributed by atoms with van der Waals surface area (Å²) in [7, 11) is 3.15. The van der Waals surface area contributed by atoms with E-state index in [1.807, 2.05) is 44.2 Å². The largest absolute Gasteiger partial charge is 0.497 e. The SMILES string of the molecule is COc1ccc(N2C=C(C)C(C)=NN(c3ccccc3)C2=O)c(OC)c1. The van der Waals surface area contributed by atoms with E-state index in [1.54, 1.807) is 43.5 Å². The topological polar surface area (TPSA) is 54.4 Å². The van der Waals surface area contributed by atoms with E-state index < -0.39 is 0 Å². The molecule has 1 aliphatic rings. The molecule has 0 radical (unpaired) electrons. The highest BCUT2D eigenvalue weighted by atomic mass is 16.5. The van der Waals surface area contributed by atoms with Gasteiger partial charge >= 0.3 is 6.03 Å². The maximum absolute atomic E-state index is 13.3. The van der Waals surface area contributed by atoms with Crippen molar-refractivity contribution in [2.45, 2.75) is 13.8 Å². The van der Waals surface area contributed by atoms with E-state index in [-0.39, 0.29) is 6.03 Å². The van der Waals surface area contributed by atoms with E-state index in [0.29, 0.717) is 22.9 Å². The van der Waals surface area contributed by atoms with Crippen LogP contribution in [0.1, 0.15) is 13.8 Å². The van der Waals surface area contributed by atoms with Crippen LogP contribution in [0.25, 0.3) is 0 Å². The van der Waals surface area contributed by atoms with Crippen LogP contribution < -0.4 is 19.4 Å². The van der Waals surface area contributed by atoms with Gasteiger partial charge in [-0.25, -0.2) is 4.79 Å². The lowest BCUT2D eigenvalue weighted by Crippen LogP contribution is -2.37. The van der Waals surface area contributed by atoms with Gasteiger partial charge in [-0.15, -0.1) is 0 Å². The Labute approximate surface area is 152 Å². The molecular formula is C20H21N3O3. The Hall–Kier alpha value is -3.28. The first-order chi connectivity index (χ1) is 12.5. The summed E-state index contributed by atoms with van der Waals surface area (Å²) in [6.45, 7) is 3.80. The smallest absolute Gasteiger partial charge is 0.353 e. The average Bonchev–Trinajstić information content (AvgIpc) is 2.79. The summed E-state index contributed by atoms with van der Waals surface area (Å²) >= 11 is 0. The van der Waals surface area contributed by atoms with Crippen LogP contribution in [0, 0.1) is 0 Å². The molecule has 3 rings (SSSR count). The van der Waals surface area contributed by atoms with Crippen LogP contribution in [0.5, 0.6) is 11.5 Å². The van der Waals surface area contributed by atoms with Gasteiger partial charge in [-0.3, -0.25) is 4.90 Å². The number of carbonyl (C=O) groups is 1. The molecule has 1 heterocycles. The van der Waals surface area contributed by atoms with E-state index in [0.717, 1.165) is 11.3 Å². The minimum absolute atomic E-state index is 0.295. The summed E-state index contributed by atoms with van der Waals surface area (Å²) in [4.78, 5) is 14.8. The maximum atomic E-state index is 13.3. The number of methoxy groups -OCH3 is 2. The van der Waals surface area contributed by atoms with Gasteiger partial charge in [0.1, 0.15) is 11.5 Å². The molecule has 6 nitrogen and oxygen atoms in total. The van der Waals surface area contributed by atoms with E-state index in [4.69, 9.17) is 9.47 Å². The quantitative estimate of drug-likeness (QED) is 0.819. The third-order valence-electron chi connectivity index (χ3n) is 4.18. The molecule has 134 valence electrons. The van der Waals surface area contributed by atoms with Crippen LogP contribution in [-0.2, 0) is 0 Å². The van der Waals surface area contributed by atoms with Gasteiger partial charge in [0.25, 0.3) is 0 Å². The molecule has 0 unspecified atom stereocenters. The molecule has 0 aliphatic carbocycles. The van der Waals surface area contributed by atoms with Crippen molar-refractivity contribution in [3.63, 3.8) is 0 Å². The number of benzene rings is 2. The number of para-hydroxylation sites is 1. The summed E-state index contributed by atoms with van der Waals surface area (Å²) in [6.07, 6.45) is 1.77. The first-order valence-electron chi connectivity index (χ1n) is 8.19. The molecule has 0 fully saturated rings. The zero-order valence-corrected chi connectivity index (χ0v) is 15.3. The Kier molecular flexibility index (Phi) is 4.93. The van der Waals surface area contributed by atoms with Crippen LogP contribution in [0.4, 0.5) is 16.2 Å². The Morgan fingerprint density at radius 2 is 1.69 bits per heavy atom. The highest BCUT2D eigenvalue weighted by molar-refractivity contribution is 6.11. The van der Waals surface area contributed by atoms with Crippen molar-refractivity contribution in [1.82, 2.24) is 0 Å². The molecule has 0 bridgehead atoms. The van der Waals surface area contributed by atoms with Crippen molar-refractivity contribution in [2.75, 3.05) is 24.1 Å². The predicted molar refractivity (Wildman–Crippen MR) is 103 cm³/mol. The van der Waals surface area contributed by atoms with Gasteiger partial charge in [-0.1, -0.05) is 18.2 Å². The first kappa shape index (κ1) is 17.5. The summed E-state index contributed by atoms with van der Waals surface area (Å²) in [5, 5.41) is 5.89. The molecule has 0 saturated carbocycles. The van der Waals surface area contributed by atoms with E-state index in [1.165, 1.54) is 5.01 Å². The van der Waals surface area contributed by atoms with Crippen molar-refractivity contribution in [3.8, 4) is 11.5 Å². The number of hydrazone groups is 1. The van der Waals surface area contributed by atoms with Gasteiger partial charge < -0.3 is 9.47 Å². The number of amides is 2. The van der Waals surface area contributed by atoms with Crippen molar-refractivity contribution >= 4 is 23.1 Å². The lowest BCUT2D eigenvalue weighted by atomic mass is 10.2. The van der Waals surface area contributed by atoms with Crippen LogP contribution in [-0.4, -0.2) is 26.0 Å². The molecule has 0 atom stereocenters. The summed E-state index contributed by atoms with van der Waals surface area (Å²) in [5.74, 6) is 1.19. The fourth-order valence-electron chi connectivity index (χ4n) is 2.61. The van der Waals surface area contributed by atoms with Gasteiger partial charge in [-0.05, 0) is 43.7 Å². The number of hydrogen-bond acceptors (Lipinski definition) is 4. The molecule has 0 N–H and O–H groups in total. The Morgan fingerprint density at radius 1 is 0.962 bits per heavy atom. The van der Waals surface area contributed by atoms with Gasteiger partial charge in [0.2, 0.25) is 0 Å². The summed E-state index contributed by atoms with van der Waals surface area (Å²) in [5.41, 5.74) is 2.95. The number of anilines is 2. The zero-order valence-electron chi connectivity index (χ0n) is 15.3. The number of urea groups is 1. The molecule has 0 spiro atoms. The Morgan fingerprint density at radius 3 is 2.35 bits per heavy atom. The molecular weight excluding hydrogens is 330 g/mol. The molecule has 2 amide bonds. The molecule has 2 aromatic carbocycles. The lowest BCUT2D eigenvalue weighted by molar-refractivity contribution is 0.253. The van der Waals surface area contributed by atoms with E-state index in [9.17, 15) is 4.79 Å². The molecule has 6 heteroatoms. The maximum Gasteiger partial charge on any atom is 0.353 e. The number of carbonyl (C=O) groups excluding carboxylic acids is 1. The third-order valence-corrected chi connectivity index (χ3v) is 4.18. The van der Waals surface area contributed by atoms with Gasteiger partial charge in [0, 0.05) is 12.3 Å². The molecule has 0 aromatic heterocycles. The van der Waals surface area contributed by atoms with Crippen molar-refractivity contribution in [2.24, 2.45) is 5.10 Å². The number of rotatable bonds is 4. The van der Waals surface area contributed by atoms with Crippen molar-refractivity contribution in [1.29, 1.82) is 0 Å². The lowest BCUT2D eigenvalue weighted by Gasteiger charge is -2.25. The monoisotopic (exact) mass is 351 g/mol. The predicted octanol–water partition coefficient (Wildman–Crippen LogP) is 4.43. The molecule has 1 aliphatic heterocycles. The Balaban J connectivity index is 2.11. The summed E-state index contributed by atoms with van der Waals surface area (Å²) < 4.78 is 10.7. The van der Waals surface area contributed by atoms with Crippen LogP contribution in [0.3, 0.4) is 0 Å². The van der Waals surface area contributed by atoms with Gasteiger partial charge in [0.05, 0.1) is 31.3 Å². The Bertz CT molecular complexity index is 875. The van der Waals surface area contributed by atoms with Crippen molar-refractivity contribution < 1.29 is 14.3 Å². The minimum atomic E-state index is -0.295. The first-order valence-corrected chi connectivity index (χ1v) is 8.19. The fourth-order valence-corrected chi connectivity index (χ4v) is 2.61.